The van der Waals surface area contributed by atoms with Gasteiger partial charge in [0.2, 0.25) is 0 Å². The Morgan fingerprint density at radius 3 is 2.86 bits per heavy atom. The number of hydrogen-bond acceptors (Lipinski definition) is 3. The quantitative estimate of drug-likeness (QED) is 0.817. The van der Waals surface area contributed by atoms with Crippen molar-refractivity contribution < 1.29 is 9.90 Å². The zero-order valence-electron chi connectivity index (χ0n) is 12.5. The molecule has 21 heavy (non-hydrogen) atoms. The van der Waals surface area contributed by atoms with Crippen LogP contribution in [0.3, 0.4) is 0 Å². The molecule has 0 spiro atoms. The summed E-state index contributed by atoms with van der Waals surface area (Å²) in [4.78, 5) is 14.5. The average Bonchev–Trinajstić information content (AvgIpc) is 2.86. The fourth-order valence-electron chi connectivity index (χ4n) is 3.89. The number of aryl methyl sites for hydroxylation is 1. The van der Waals surface area contributed by atoms with Crippen molar-refractivity contribution in [2.45, 2.75) is 37.6 Å². The first kappa shape index (κ1) is 14.5. The van der Waals surface area contributed by atoms with Crippen LogP contribution in [0.25, 0.3) is 0 Å². The number of benzene rings is 1. The van der Waals surface area contributed by atoms with Crippen LogP contribution in [-0.4, -0.2) is 42.2 Å². The van der Waals surface area contributed by atoms with Crippen molar-refractivity contribution in [1.29, 1.82) is 0 Å². The Kier molecular flexibility index (Phi) is 4.27. The predicted molar refractivity (Wildman–Crippen MR) is 82.4 cm³/mol. The number of hydrogen-bond donors (Lipinski definition) is 2. The van der Waals surface area contributed by atoms with Gasteiger partial charge in [-0.05, 0) is 43.4 Å². The van der Waals surface area contributed by atoms with Gasteiger partial charge in [-0.3, -0.25) is 4.90 Å². The van der Waals surface area contributed by atoms with Crippen LogP contribution >= 0.6 is 0 Å². The third-order valence-electron chi connectivity index (χ3n) is 4.93. The van der Waals surface area contributed by atoms with Gasteiger partial charge in [0.25, 0.3) is 0 Å². The predicted octanol–water partition coefficient (Wildman–Crippen LogP) is 1.99. The molecule has 0 aromatic heterocycles. The van der Waals surface area contributed by atoms with Gasteiger partial charge in [-0.25, -0.2) is 4.79 Å². The zero-order chi connectivity index (χ0) is 14.7. The van der Waals surface area contributed by atoms with Crippen LogP contribution in [0, 0.1) is 0 Å². The number of carboxylic acids is 1. The van der Waals surface area contributed by atoms with E-state index in [-0.39, 0.29) is 0 Å². The van der Waals surface area contributed by atoms with Crippen LogP contribution < -0.4 is 5.32 Å². The van der Waals surface area contributed by atoms with Gasteiger partial charge in [0, 0.05) is 19.6 Å². The largest absolute Gasteiger partial charge is 0.480 e. The maximum absolute atomic E-state index is 12.3. The minimum Gasteiger partial charge on any atom is -0.480 e. The van der Waals surface area contributed by atoms with E-state index in [1.54, 1.807) is 0 Å². The van der Waals surface area contributed by atoms with Crippen molar-refractivity contribution in [1.82, 2.24) is 10.2 Å². The number of carbonyl (C=O) groups is 1. The summed E-state index contributed by atoms with van der Waals surface area (Å²) in [5.74, 6) is -0.682. The molecule has 1 aliphatic heterocycles. The summed E-state index contributed by atoms with van der Waals surface area (Å²) in [6.45, 7) is 3.51. The van der Waals surface area contributed by atoms with Crippen molar-refractivity contribution in [3.05, 3.63) is 35.4 Å². The lowest BCUT2D eigenvalue weighted by molar-refractivity contribution is -0.153. The maximum atomic E-state index is 12.3. The molecular formula is C17H24N2O2. The van der Waals surface area contributed by atoms with Gasteiger partial charge in [-0.15, -0.1) is 0 Å². The SMILES string of the molecule is O=C(O)C1(N2CCCNCC2)CCCCc2ccccc21. The Bertz CT molecular complexity index is 509. The highest BCUT2D eigenvalue weighted by Gasteiger charge is 2.47. The smallest absolute Gasteiger partial charge is 0.328 e. The number of nitrogens with zero attached hydrogens (tertiary/aromatic N) is 1. The van der Waals surface area contributed by atoms with Gasteiger partial charge in [0.1, 0.15) is 5.54 Å². The van der Waals surface area contributed by atoms with Crippen LogP contribution in [0.1, 0.15) is 36.8 Å². The monoisotopic (exact) mass is 288 g/mol. The molecule has 1 aliphatic carbocycles. The van der Waals surface area contributed by atoms with E-state index in [4.69, 9.17) is 0 Å². The van der Waals surface area contributed by atoms with Crippen LogP contribution in [0.2, 0.25) is 0 Å². The Hall–Kier alpha value is -1.39. The minimum absolute atomic E-state index is 0.682. The maximum Gasteiger partial charge on any atom is 0.328 e. The van der Waals surface area contributed by atoms with Gasteiger partial charge in [0.05, 0.1) is 0 Å². The van der Waals surface area contributed by atoms with Crippen molar-refractivity contribution in [2.75, 3.05) is 26.2 Å². The molecule has 1 saturated heterocycles. The summed E-state index contributed by atoms with van der Waals surface area (Å²) in [5, 5.41) is 13.5. The number of rotatable bonds is 2. The number of aliphatic carboxylic acids is 1. The third-order valence-corrected chi connectivity index (χ3v) is 4.93. The Balaban J connectivity index is 2.09. The summed E-state index contributed by atoms with van der Waals surface area (Å²) >= 11 is 0. The lowest BCUT2D eigenvalue weighted by Gasteiger charge is -2.40. The van der Waals surface area contributed by atoms with Crippen LogP contribution in [0.5, 0.6) is 0 Å². The van der Waals surface area contributed by atoms with Crippen LogP contribution in [0.15, 0.2) is 24.3 Å². The molecule has 1 aromatic rings. The van der Waals surface area contributed by atoms with E-state index in [1.807, 2.05) is 18.2 Å². The van der Waals surface area contributed by atoms with E-state index in [2.05, 4.69) is 16.3 Å². The van der Waals surface area contributed by atoms with Crippen molar-refractivity contribution in [3.8, 4) is 0 Å². The summed E-state index contributed by atoms with van der Waals surface area (Å²) in [7, 11) is 0. The summed E-state index contributed by atoms with van der Waals surface area (Å²) in [5.41, 5.74) is 1.41. The van der Waals surface area contributed by atoms with Crippen molar-refractivity contribution >= 4 is 5.97 Å². The molecule has 1 fully saturated rings. The normalized spacial score (nSPS) is 27.4. The molecule has 2 N–H and O–H groups in total. The molecule has 0 radical (unpaired) electrons. The Morgan fingerprint density at radius 1 is 1.14 bits per heavy atom. The average molecular weight is 288 g/mol. The van der Waals surface area contributed by atoms with Gasteiger partial charge in [0.15, 0.2) is 0 Å². The summed E-state index contributed by atoms with van der Waals surface area (Å²) in [6.07, 6.45) is 4.79. The van der Waals surface area contributed by atoms with E-state index in [0.717, 1.165) is 63.8 Å². The lowest BCUT2D eigenvalue weighted by Crippen LogP contribution is -2.53. The second-order valence-electron chi connectivity index (χ2n) is 6.12. The van der Waals surface area contributed by atoms with Gasteiger partial charge >= 0.3 is 5.97 Å². The zero-order valence-corrected chi connectivity index (χ0v) is 12.5. The number of nitrogens with one attached hydrogen (secondary N) is 1. The highest BCUT2D eigenvalue weighted by atomic mass is 16.4. The first-order valence-corrected chi connectivity index (χ1v) is 8.03. The molecule has 1 heterocycles. The fraction of sp³-hybridized carbons (Fsp3) is 0.588. The molecule has 1 aromatic carbocycles. The summed E-state index contributed by atoms with van der Waals surface area (Å²) in [6, 6.07) is 8.15. The van der Waals surface area contributed by atoms with Gasteiger partial charge in [-0.2, -0.15) is 0 Å². The molecule has 4 heteroatoms. The highest BCUT2D eigenvalue weighted by Crippen LogP contribution is 2.39. The molecule has 1 unspecified atom stereocenters. The molecule has 0 amide bonds. The van der Waals surface area contributed by atoms with E-state index >= 15 is 0 Å². The van der Waals surface area contributed by atoms with E-state index in [9.17, 15) is 9.90 Å². The van der Waals surface area contributed by atoms with Gasteiger partial charge < -0.3 is 10.4 Å². The first-order chi connectivity index (χ1) is 10.2. The van der Waals surface area contributed by atoms with Crippen LogP contribution in [0.4, 0.5) is 0 Å². The molecule has 114 valence electrons. The lowest BCUT2D eigenvalue weighted by atomic mass is 9.82. The van der Waals surface area contributed by atoms with Crippen LogP contribution in [-0.2, 0) is 16.8 Å². The first-order valence-electron chi connectivity index (χ1n) is 8.03. The van der Waals surface area contributed by atoms with E-state index in [1.165, 1.54) is 5.56 Å². The van der Waals surface area contributed by atoms with E-state index in [0.29, 0.717) is 0 Å². The molecule has 0 bridgehead atoms. The highest BCUT2D eigenvalue weighted by molar-refractivity contribution is 5.81. The Morgan fingerprint density at radius 2 is 2.00 bits per heavy atom. The second-order valence-corrected chi connectivity index (χ2v) is 6.12. The third kappa shape index (κ3) is 2.58. The van der Waals surface area contributed by atoms with E-state index < -0.39 is 11.5 Å². The van der Waals surface area contributed by atoms with Crippen molar-refractivity contribution in [3.63, 3.8) is 0 Å². The fourth-order valence-corrected chi connectivity index (χ4v) is 3.89. The molecule has 1 atom stereocenters. The molecular weight excluding hydrogens is 264 g/mol. The molecule has 2 aliphatic rings. The molecule has 0 saturated carbocycles. The second kappa shape index (κ2) is 6.16. The number of fused-ring (bicyclic) bond motifs is 1. The topological polar surface area (TPSA) is 52.6 Å². The Labute approximate surface area is 126 Å². The van der Waals surface area contributed by atoms with Crippen molar-refractivity contribution in [2.24, 2.45) is 0 Å². The standard InChI is InChI=1S/C17H24N2O2/c20-16(21)17(19-12-5-10-18-11-13-19)9-4-3-7-14-6-1-2-8-15(14)17/h1-2,6,8,18H,3-5,7,9-13H2,(H,20,21). The van der Waals surface area contributed by atoms with Gasteiger partial charge in [-0.1, -0.05) is 30.7 Å². The number of carboxylic acid groups (broad SMARTS) is 1. The molecule has 4 nitrogen and oxygen atoms in total. The summed E-state index contributed by atoms with van der Waals surface area (Å²) < 4.78 is 0. The molecule has 3 rings (SSSR count). The minimum atomic E-state index is -0.834.